The fraction of sp³-hybridized carbons (Fsp3) is 0.455. The highest BCUT2D eigenvalue weighted by Crippen LogP contribution is 2.33. The normalized spacial score (nSPS) is 21.5. The summed E-state index contributed by atoms with van der Waals surface area (Å²) in [4.78, 5) is 0. The highest BCUT2D eigenvalue weighted by Gasteiger charge is 2.22. The molecule has 1 atom stereocenters. The Morgan fingerprint density at radius 1 is 1.50 bits per heavy atom. The first kappa shape index (κ1) is 9.94. The Hall–Kier alpha value is -0.600. The molecular weight excluding hydrogens is 201 g/mol. The minimum atomic E-state index is -0.194. The molecule has 1 heterocycles. The molecule has 0 saturated carbocycles. The van der Waals surface area contributed by atoms with E-state index >= 15 is 0 Å². The van der Waals surface area contributed by atoms with Gasteiger partial charge in [0.2, 0.25) is 0 Å². The van der Waals surface area contributed by atoms with Gasteiger partial charge in [0, 0.05) is 11.6 Å². The zero-order valence-electron chi connectivity index (χ0n) is 8.11. The van der Waals surface area contributed by atoms with Crippen LogP contribution in [0.15, 0.2) is 12.1 Å². The lowest BCUT2D eigenvalue weighted by Gasteiger charge is -2.14. The van der Waals surface area contributed by atoms with Gasteiger partial charge in [-0.2, -0.15) is 0 Å². The van der Waals surface area contributed by atoms with E-state index in [-0.39, 0.29) is 11.9 Å². The van der Waals surface area contributed by atoms with E-state index in [1.807, 2.05) is 6.92 Å². The van der Waals surface area contributed by atoms with Crippen molar-refractivity contribution in [3.63, 3.8) is 0 Å². The Kier molecular flexibility index (Phi) is 2.75. The molecule has 1 fully saturated rings. The first-order valence-electron chi connectivity index (χ1n) is 4.88. The largest absolute Gasteiger partial charge is 0.310 e. The van der Waals surface area contributed by atoms with Crippen molar-refractivity contribution >= 4 is 11.6 Å². The number of hydrogen-bond donors (Lipinski definition) is 1. The maximum absolute atomic E-state index is 13.6. The van der Waals surface area contributed by atoms with Crippen molar-refractivity contribution in [1.29, 1.82) is 0 Å². The molecule has 0 spiro atoms. The molecule has 0 aromatic heterocycles. The minimum absolute atomic E-state index is 0.0994. The van der Waals surface area contributed by atoms with Gasteiger partial charge < -0.3 is 5.32 Å². The average Bonchev–Trinajstić information content (AvgIpc) is 2.65. The maximum Gasteiger partial charge on any atom is 0.129 e. The summed E-state index contributed by atoms with van der Waals surface area (Å²) in [5.74, 6) is -0.194. The maximum atomic E-state index is 13.6. The Labute approximate surface area is 88.3 Å². The van der Waals surface area contributed by atoms with Crippen LogP contribution in [0.25, 0.3) is 0 Å². The smallest absolute Gasteiger partial charge is 0.129 e. The number of hydrogen-bond acceptors (Lipinski definition) is 1. The monoisotopic (exact) mass is 213 g/mol. The van der Waals surface area contributed by atoms with Gasteiger partial charge in [0.05, 0.1) is 5.02 Å². The lowest BCUT2D eigenvalue weighted by Crippen LogP contribution is -2.15. The second-order valence-electron chi connectivity index (χ2n) is 3.74. The summed E-state index contributed by atoms with van der Waals surface area (Å²) in [5, 5.41) is 3.83. The second kappa shape index (κ2) is 3.87. The highest BCUT2D eigenvalue weighted by atomic mass is 35.5. The summed E-state index contributed by atoms with van der Waals surface area (Å²) in [6.45, 7) is 2.86. The van der Waals surface area contributed by atoms with E-state index in [1.165, 1.54) is 6.07 Å². The number of benzene rings is 1. The van der Waals surface area contributed by atoms with Crippen molar-refractivity contribution in [2.45, 2.75) is 25.8 Å². The molecule has 0 bridgehead atoms. The molecule has 0 radical (unpaired) electrons. The SMILES string of the molecule is Cc1ccc(F)c(C2CCCN2)c1Cl. The number of nitrogens with one attached hydrogen (secondary N) is 1. The summed E-state index contributed by atoms with van der Waals surface area (Å²) in [5.41, 5.74) is 1.58. The highest BCUT2D eigenvalue weighted by molar-refractivity contribution is 6.32. The van der Waals surface area contributed by atoms with E-state index in [2.05, 4.69) is 5.32 Å². The Morgan fingerprint density at radius 2 is 2.29 bits per heavy atom. The van der Waals surface area contributed by atoms with Gasteiger partial charge in [-0.1, -0.05) is 17.7 Å². The third kappa shape index (κ3) is 1.64. The fourth-order valence-corrected chi connectivity index (χ4v) is 2.21. The van der Waals surface area contributed by atoms with E-state index in [0.29, 0.717) is 10.6 Å². The molecule has 1 aromatic carbocycles. The van der Waals surface area contributed by atoms with Crippen molar-refractivity contribution in [1.82, 2.24) is 5.32 Å². The molecule has 14 heavy (non-hydrogen) atoms. The van der Waals surface area contributed by atoms with Crippen LogP contribution in [0.4, 0.5) is 4.39 Å². The van der Waals surface area contributed by atoms with Crippen LogP contribution < -0.4 is 5.32 Å². The van der Waals surface area contributed by atoms with Crippen LogP contribution in [-0.4, -0.2) is 6.54 Å². The topological polar surface area (TPSA) is 12.0 Å². The summed E-state index contributed by atoms with van der Waals surface area (Å²) < 4.78 is 13.6. The molecular formula is C11H13ClFN. The lowest BCUT2D eigenvalue weighted by molar-refractivity contribution is 0.558. The lowest BCUT2D eigenvalue weighted by atomic mass is 10.0. The van der Waals surface area contributed by atoms with Gasteiger partial charge in [0.25, 0.3) is 0 Å². The molecule has 1 nitrogen and oxygen atoms in total. The predicted octanol–water partition coefficient (Wildman–Crippen LogP) is 3.21. The summed E-state index contributed by atoms with van der Waals surface area (Å²) in [6, 6.07) is 3.31. The van der Waals surface area contributed by atoms with Crippen molar-refractivity contribution in [2.24, 2.45) is 0 Å². The predicted molar refractivity (Wildman–Crippen MR) is 56.1 cm³/mol. The quantitative estimate of drug-likeness (QED) is 0.756. The molecule has 2 rings (SSSR count). The molecule has 1 aromatic rings. The van der Waals surface area contributed by atoms with Crippen molar-refractivity contribution in [3.8, 4) is 0 Å². The van der Waals surface area contributed by atoms with E-state index in [0.717, 1.165) is 24.9 Å². The van der Waals surface area contributed by atoms with Gasteiger partial charge >= 0.3 is 0 Å². The van der Waals surface area contributed by atoms with Crippen molar-refractivity contribution < 1.29 is 4.39 Å². The van der Waals surface area contributed by atoms with Crippen LogP contribution in [0.1, 0.15) is 30.0 Å². The Balaban J connectivity index is 2.44. The molecule has 0 amide bonds. The number of rotatable bonds is 1. The summed E-state index contributed by atoms with van der Waals surface area (Å²) >= 11 is 6.10. The van der Waals surface area contributed by atoms with Gasteiger partial charge in [-0.25, -0.2) is 4.39 Å². The standard InChI is InChI=1S/C11H13ClFN/c1-7-4-5-8(13)10(11(7)12)9-3-2-6-14-9/h4-5,9,14H,2-3,6H2,1H3. The first-order valence-corrected chi connectivity index (χ1v) is 5.26. The van der Waals surface area contributed by atoms with Crippen molar-refractivity contribution in [2.75, 3.05) is 6.54 Å². The molecule has 0 aliphatic carbocycles. The first-order chi connectivity index (χ1) is 6.70. The second-order valence-corrected chi connectivity index (χ2v) is 4.12. The summed E-state index contributed by atoms with van der Waals surface area (Å²) in [6.07, 6.45) is 2.06. The van der Waals surface area contributed by atoms with Crippen LogP contribution in [0, 0.1) is 12.7 Å². The molecule has 3 heteroatoms. The molecule has 1 aliphatic heterocycles. The molecule has 1 saturated heterocycles. The molecule has 76 valence electrons. The van der Waals surface area contributed by atoms with E-state index < -0.39 is 0 Å². The van der Waals surface area contributed by atoms with Crippen LogP contribution in [0.3, 0.4) is 0 Å². The van der Waals surface area contributed by atoms with E-state index in [4.69, 9.17) is 11.6 Å². The zero-order chi connectivity index (χ0) is 10.1. The zero-order valence-corrected chi connectivity index (χ0v) is 8.87. The Morgan fingerprint density at radius 3 is 2.93 bits per heavy atom. The van der Waals surface area contributed by atoms with Gasteiger partial charge in [0.15, 0.2) is 0 Å². The van der Waals surface area contributed by atoms with Crippen LogP contribution in [0.5, 0.6) is 0 Å². The molecule has 1 unspecified atom stereocenters. The third-order valence-corrected chi connectivity index (χ3v) is 3.23. The van der Waals surface area contributed by atoms with Gasteiger partial charge in [-0.15, -0.1) is 0 Å². The van der Waals surface area contributed by atoms with Crippen molar-refractivity contribution in [3.05, 3.63) is 34.1 Å². The molecule has 1 N–H and O–H groups in total. The van der Waals surface area contributed by atoms with E-state index in [1.54, 1.807) is 6.07 Å². The van der Waals surface area contributed by atoms with Gasteiger partial charge in [0.1, 0.15) is 5.82 Å². The number of halogens is 2. The van der Waals surface area contributed by atoms with Gasteiger partial charge in [-0.3, -0.25) is 0 Å². The Bertz CT molecular complexity index is 345. The minimum Gasteiger partial charge on any atom is -0.310 e. The summed E-state index contributed by atoms with van der Waals surface area (Å²) in [7, 11) is 0. The van der Waals surface area contributed by atoms with Crippen LogP contribution >= 0.6 is 11.6 Å². The average molecular weight is 214 g/mol. The third-order valence-electron chi connectivity index (χ3n) is 2.73. The van der Waals surface area contributed by atoms with Gasteiger partial charge in [-0.05, 0) is 37.9 Å². The van der Waals surface area contributed by atoms with Crippen LogP contribution in [-0.2, 0) is 0 Å². The van der Waals surface area contributed by atoms with E-state index in [9.17, 15) is 4.39 Å². The number of aryl methyl sites for hydroxylation is 1. The van der Waals surface area contributed by atoms with Crippen LogP contribution in [0.2, 0.25) is 5.02 Å². The fourth-order valence-electron chi connectivity index (χ4n) is 1.93. The molecule has 1 aliphatic rings.